The maximum absolute atomic E-state index is 5.48. The van der Waals surface area contributed by atoms with Crippen molar-refractivity contribution in [3.63, 3.8) is 0 Å². The Morgan fingerprint density at radius 2 is 2.32 bits per heavy atom. The van der Waals surface area contributed by atoms with Crippen molar-refractivity contribution in [1.82, 2.24) is 19.7 Å². The molecule has 3 rings (SSSR count). The number of hydrogen-bond acceptors (Lipinski definition) is 6. The van der Waals surface area contributed by atoms with Crippen LogP contribution >= 0.6 is 0 Å². The van der Waals surface area contributed by atoms with Crippen LogP contribution in [0.15, 0.2) is 30.9 Å². The molecule has 0 bridgehead atoms. The van der Waals surface area contributed by atoms with E-state index in [1.54, 1.807) is 12.5 Å². The number of anilines is 2. The first kappa shape index (κ1) is 14.8. The maximum Gasteiger partial charge on any atom is 0.131 e. The van der Waals surface area contributed by atoms with Crippen LogP contribution in [0.1, 0.15) is 19.8 Å². The monoisotopic (exact) mass is 302 g/mol. The molecule has 1 aliphatic rings. The first-order chi connectivity index (χ1) is 10.8. The summed E-state index contributed by atoms with van der Waals surface area (Å²) >= 11 is 0. The second-order valence-electron chi connectivity index (χ2n) is 5.62. The van der Waals surface area contributed by atoms with Gasteiger partial charge in [-0.25, -0.2) is 9.97 Å². The van der Waals surface area contributed by atoms with Gasteiger partial charge >= 0.3 is 0 Å². The van der Waals surface area contributed by atoms with Crippen LogP contribution in [0.5, 0.6) is 0 Å². The van der Waals surface area contributed by atoms with Gasteiger partial charge in [0.25, 0.3) is 0 Å². The Balaban J connectivity index is 1.56. The van der Waals surface area contributed by atoms with E-state index in [9.17, 15) is 0 Å². The van der Waals surface area contributed by atoms with Crippen molar-refractivity contribution in [3.05, 3.63) is 30.9 Å². The number of ether oxygens (including phenoxy) is 1. The first-order valence-electron chi connectivity index (χ1n) is 7.70. The van der Waals surface area contributed by atoms with E-state index in [2.05, 4.69) is 32.6 Å². The van der Waals surface area contributed by atoms with E-state index in [0.717, 1.165) is 44.2 Å². The molecule has 7 nitrogen and oxygen atoms in total. The molecular weight excluding hydrogens is 280 g/mol. The van der Waals surface area contributed by atoms with Crippen molar-refractivity contribution in [2.24, 2.45) is 0 Å². The van der Waals surface area contributed by atoms with E-state index in [1.807, 2.05) is 23.0 Å². The minimum atomic E-state index is 0.223. The fraction of sp³-hybridized carbons (Fsp3) is 0.533. The highest BCUT2D eigenvalue weighted by atomic mass is 16.5. The van der Waals surface area contributed by atoms with E-state index < -0.39 is 0 Å². The van der Waals surface area contributed by atoms with Crippen LogP contribution in [0.2, 0.25) is 0 Å². The standard InChI is InChI=1S/C15H22N6O/c1-12(9-21-6-3-5-18-21)19-14-8-15(17-11-16-14)20-13-4-2-7-22-10-13/h3,5-6,8,11-13H,2,4,7,9-10H2,1H3,(H2,16,17,19,20)/t12-,13-/m0/s1. The molecular formula is C15H22N6O. The van der Waals surface area contributed by atoms with Crippen LogP contribution in [-0.4, -0.2) is 45.0 Å². The summed E-state index contributed by atoms with van der Waals surface area (Å²) in [4.78, 5) is 8.56. The number of aromatic nitrogens is 4. The summed E-state index contributed by atoms with van der Waals surface area (Å²) in [6, 6.07) is 4.42. The summed E-state index contributed by atoms with van der Waals surface area (Å²) in [6.45, 7) is 4.49. The Kier molecular flexibility index (Phi) is 4.85. The van der Waals surface area contributed by atoms with Crippen LogP contribution in [-0.2, 0) is 11.3 Å². The smallest absolute Gasteiger partial charge is 0.131 e. The summed E-state index contributed by atoms with van der Waals surface area (Å²) in [6.07, 6.45) is 7.52. The molecule has 0 aromatic carbocycles. The van der Waals surface area contributed by atoms with Gasteiger partial charge in [-0.1, -0.05) is 0 Å². The molecule has 7 heteroatoms. The van der Waals surface area contributed by atoms with Gasteiger partial charge in [-0.05, 0) is 25.8 Å². The lowest BCUT2D eigenvalue weighted by molar-refractivity contribution is 0.0875. The summed E-state index contributed by atoms with van der Waals surface area (Å²) in [5.74, 6) is 1.65. The Bertz CT molecular complexity index is 567. The molecule has 0 saturated carbocycles. The van der Waals surface area contributed by atoms with Gasteiger partial charge in [0.2, 0.25) is 0 Å². The summed E-state index contributed by atoms with van der Waals surface area (Å²) in [7, 11) is 0. The highest BCUT2D eigenvalue weighted by molar-refractivity contribution is 5.47. The van der Waals surface area contributed by atoms with Crippen molar-refractivity contribution < 1.29 is 4.74 Å². The summed E-state index contributed by atoms with van der Waals surface area (Å²) < 4.78 is 7.38. The average Bonchev–Trinajstić information content (AvgIpc) is 3.01. The molecule has 22 heavy (non-hydrogen) atoms. The number of rotatable bonds is 6. The predicted molar refractivity (Wildman–Crippen MR) is 84.8 cm³/mol. The van der Waals surface area contributed by atoms with Crippen molar-refractivity contribution in [2.75, 3.05) is 23.8 Å². The normalized spacial score (nSPS) is 19.6. The van der Waals surface area contributed by atoms with Crippen LogP contribution < -0.4 is 10.6 Å². The Morgan fingerprint density at radius 3 is 3.09 bits per heavy atom. The molecule has 1 saturated heterocycles. The van der Waals surface area contributed by atoms with Gasteiger partial charge in [0.1, 0.15) is 18.0 Å². The quantitative estimate of drug-likeness (QED) is 0.847. The fourth-order valence-corrected chi connectivity index (χ4v) is 2.57. The largest absolute Gasteiger partial charge is 0.379 e. The molecule has 1 fully saturated rings. The van der Waals surface area contributed by atoms with E-state index in [0.29, 0.717) is 6.04 Å². The zero-order chi connectivity index (χ0) is 15.2. The van der Waals surface area contributed by atoms with Crippen LogP contribution in [0, 0.1) is 0 Å². The van der Waals surface area contributed by atoms with Crippen molar-refractivity contribution in [1.29, 1.82) is 0 Å². The lowest BCUT2D eigenvalue weighted by Gasteiger charge is -2.23. The molecule has 0 radical (unpaired) electrons. The van der Waals surface area contributed by atoms with Gasteiger partial charge in [0, 0.05) is 31.1 Å². The SMILES string of the molecule is C[C@@H](Cn1cccn1)Nc1cc(N[C@H]2CCCOC2)ncn1. The maximum atomic E-state index is 5.48. The third kappa shape index (κ3) is 4.17. The predicted octanol–water partition coefficient (Wildman–Crippen LogP) is 1.76. The Morgan fingerprint density at radius 1 is 1.41 bits per heavy atom. The average molecular weight is 302 g/mol. The zero-order valence-electron chi connectivity index (χ0n) is 12.8. The van der Waals surface area contributed by atoms with Gasteiger partial charge < -0.3 is 15.4 Å². The molecule has 0 spiro atoms. The second kappa shape index (κ2) is 7.22. The third-order valence-corrected chi connectivity index (χ3v) is 3.59. The second-order valence-corrected chi connectivity index (χ2v) is 5.62. The molecule has 2 aromatic rings. The lowest BCUT2D eigenvalue weighted by atomic mass is 10.1. The zero-order valence-corrected chi connectivity index (χ0v) is 12.8. The molecule has 2 atom stereocenters. The fourth-order valence-electron chi connectivity index (χ4n) is 2.57. The van der Waals surface area contributed by atoms with Crippen molar-refractivity contribution in [3.8, 4) is 0 Å². The van der Waals surface area contributed by atoms with Gasteiger partial charge in [-0.3, -0.25) is 4.68 Å². The van der Waals surface area contributed by atoms with E-state index in [-0.39, 0.29) is 6.04 Å². The molecule has 2 aromatic heterocycles. The summed E-state index contributed by atoms with van der Waals surface area (Å²) in [5, 5.41) is 11.0. The molecule has 2 N–H and O–H groups in total. The van der Waals surface area contributed by atoms with Gasteiger partial charge in [-0.15, -0.1) is 0 Å². The van der Waals surface area contributed by atoms with E-state index in [1.165, 1.54) is 0 Å². The number of nitrogens with zero attached hydrogens (tertiary/aromatic N) is 4. The third-order valence-electron chi connectivity index (χ3n) is 3.59. The van der Waals surface area contributed by atoms with Crippen LogP contribution in [0.3, 0.4) is 0 Å². The van der Waals surface area contributed by atoms with Gasteiger partial charge in [0.15, 0.2) is 0 Å². The summed E-state index contributed by atoms with van der Waals surface area (Å²) in [5.41, 5.74) is 0. The topological polar surface area (TPSA) is 76.9 Å². The minimum absolute atomic E-state index is 0.223. The molecule has 3 heterocycles. The molecule has 0 aliphatic carbocycles. The van der Waals surface area contributed by atoms with Crippen LogP contribution in [0.4, 0.5) is 11.6 Å². The Labute approximate surface area is 130 Å². The van der Waals surface area contributed by atoms with E-state index >= 15 is 0 Å². The van der Waals surface area contributed by atoms with E-state index in [4.69, 9.17) is 4.74 Å². The molecule has 0 amide bonds. The highest BCUT2D eigenvalue weighted by Gasteiger charge is 2.14. The van der Waals surface area contributed by atoms with Gasteiger partial charge in [0.05, 0.1) is 19.2 Å². The number of hydrogen-bond donors (Lipinski definition) is 2. The molecule has 0 unspecified atom stereocenters. The Hall–Kier alpha value is -2.15. The minimum Gasteiger partial charge on any atom is -0.379 e. The highest BCUT2D eigenvalue weighted by Crippen LogP contribution is 2.15. The molecule has 118 valence electrons. The van der Waals surface area contributed by atoms with Gasteiger partial charge in [-0.2, -0.15) is 5.10 Å². The first-order valence-corrected chi connectivity index (χ1v) is 7.70. The van der Waals surface area contributed by atoms with Crippen LogP contribution in [0.25, 0.3) is 0 Å². The number of nitrogens with one attached hydrogen (secondary N) is 2. The lowest BCUT2D eigenvalue weighted by Crippen LogP contribution is -2.30. The van der Waals surface area contributed by atoms with Crippen molar-refractivity contribution in [2.45, 2.75) is 38.4 Å². The van der Waals surface area contributed by atoms with Crippen molar-refractivity contribution >= 4 is 11.6 Å². The molecule has 1 aliphatic heterocycles.